The van der Waals surface area contributed by atoms with Crippen molar-refractivity contribution in [1.29, 1.82) is 5.26 Å². The van der Waals surface area contributed by atoms with Crippen molar-refractivity contribution in [2.24, 2.45) is 0 Å². The Hall–Kier alpha value is -3.70. The van der Waals surface area contributed by atoms with E-state index in [2.05, 4.69) is 16.4 Å². The first kappa shape index (κ1) is 18.1. The predicted octanol–water partition coefficient (Wildman–Crippen LogP) is 4.70. The fourth-order valence-corrected chi connectivity index (χ4v) is 3.06. The lowest BCUT2D eigenvalue weighted by Crippen LogP contribution is -1.91. The average Bonchev–Trinajstić information content (AvgIpc) is 3.19. The van der Waals surface area contributed by atoms with Gasteiger partial charge in [0.15, 0.2) is 0 Å². The van der Waals surface area contributed by atoms with Gasteiger partial charge in [0, 0.05) is 35.0 Å². The minimum atomic E-state index is -0.447. The van der Waals surface area contributed by atoms with Gasteiger partial charge in [0.1, 0.15) is 22.4 Å². The van der Waals surface area contributed by atoms with Gasteiger partial charge in [-0.3, -0.25) is 10.1 Å². The van der Waals surface area contributed by atoms with Crippen LogP contribution in [0.4, 0.5) is 11.4 Å². The number of benzene rings is 2. The van der Waals surface area contributed by atoms with Gasteiger partial charge in [0.2, 0.25) is 0 Å². The van der Waals surface area contributed by atoms with Crippen molar-refractivity contribution in [1.82, 2.24) is 4.98 Å². The highest BCUT2D eigenvalue weighted by atomic mass is 32.1. The number of ether oxygens (including phenoxy) is 1. The molecule has 3 rings (SSSR count). The maximum absolute atomic E-state index is 10.7. The Balaban J connectivity index is 1.78. The lowest BCUT2D eigenvalue weighted by molar-refractivity contribution is -0.384. The van der Waals surface area contributed by atoms with E-state index in [4.69, 9.17) is 4.74 Å². The molecule has 1 heterocycles. The van der Waals surface area contributed by atoms with E-state index in [1.165, 1.54) is 23.5 Å². The number of nitro benzene ring substituents is 1. The number of anilines is 1. The van der Waals surface area contributed by atoms with E-state index >= 15 is 0 Å². The van der Waals surface area contributed by atoms with Gasteiger partial charge in [0.05, 0.1) is 17.7 Å². The molecule has 8 heteroatoms. The zero-order chi connectivity index (χ0) is 19.2. The smallest absolute Gasteiger partial charge is 0.269 e. The number of nitrogens with one attached hydrogen (secondary N) is 1. The Bertz CT molecular complexity index is 1020. The predicted molar refractivity (Wildman–Crippen MR) is 104 cm³/mol. The summed E-state index contributed by atoms with van der Waals surface area (Å²) in [5, 5.41) is 25.6. The molecule has 0 atom stereocenters. The standard InChI is InChI=1S/C19H14N4O3S/c1-26-17-8-4-15(5-9-17)21-11-14(10-20)19-22-18(12-27-19)13-2-6-16(7-3-13)23(24)25/h2-9,11-12,21H,1H3/b14-11-. The van der Waals surface area contributed by atoms with Gasteiger partial charge in [-0.2, -0.15) is 5.26 Å². The minimum Gasteiger partial charge on any atom is -0.497 e. The second-order valence-corrected chi connectivity index (χ2v) is 6.24. The normalized spacial score (nSPS) is 10.9. The molecule has 134 valence electrons. The van der Waals surface area contributed by atoms with Crippen LogP contribution in [0.5, 0.6) is 5.75 Å². The molecular formula is C19H14N4O3S. The summed E-state index contributed by atoms with van der Waals surface area (Å²) in [5.74, 6) is 0.748. The summed E-state index contributed by atoms with van der Waals surface area (Å²) in [5.41, 5.74) is 2.65. The summed E-state index contributed by atoms with van der Waals surface area (Å²) < 4.78 is 5.11. The van der Waals surface area contributed by atoms with Crippen LogP contribution in [0, 0.1) is 21.4 Å². The maximum Gasteiger partial charge on any atom is 0.269 e. The third-order valence-electron chi connectivity index (χ3n) is 3.70. The molecule has 0 amide bonds. The molecule has 0 aliphatic carbocycles. The quantitative estimate of drug-likeness (QED) is 0.379. The van der Waals surface area contributed by atoms with E-state index in [9.17, 15) is 15.4 Å². The fourth-order valence-electron chi connectivity index (χ4n) is 2.27. The first-order chi connectivity index (χ1) is 13.1. The average molecular weight is 378 g/mol. The topological polar surface area (TPSA) is 101 Å². The second kappa shape index (κ2) is 8.12. The van der Waals surface area contributed by atoms with Crippen LogP contribution < -0.4 is 10.1 Å². The molecule has 0 aliphatic heterocycles. The number of nitriles is 1. The van der Waals surface area contributed by atoms with Gasteiger partial charge in [-0.15, -0.1) is 11.3 Å². The van der Waals surface area contributed by atoms with E-state index < -0.39 is 4.92 Å². The van der Waals surface area contributed by atoms with Crippen molar-refractivity contribution in [2.75, 3.05) is 12.4 Å². The molecule has 0 aliphatic rings. The van der Waals surface area contributed by atoms with Crippen LogP contribution in [0.25, 0.3) is 16.8 Å². The molecule has 0 bridgehead atoms. The highest BCUT2D eigenvalue weighted by Gasteiger charge is 2.11. The molecule has 0 unspecified atom stereocenters. The van der Waals surface area contributed by atoms with Crippen LogP contribution in [0.2, 0.25) is 0 Å². The van der Waals surface area contributed by atoms with Crippen LogP contribution in [-0.4, -0.2) is 17.0 Å². The summed E-state index contributed by atoms with van der Waals surface area (Å²) in [6, 6.07) is 15.6. The first-order valence-electron chi connectivity index (χ1n) is 7.82. The fraction of sp³-hybridized carbons (Fsp3) is 0.0526. The molecule has 0 fully saturated rings. The van der Waals surface area contributed by atoms with Gasteiger partial charge in [-0.25, -0.2) is 4.98 Å². The van der Waals surface area contributed by atoms with E-state index in [1.54, 1.807) is 25.4 Å². The van der Waals surface area contributed by atoms with Crippen molar-refractivity contribution in [3.8, 4) is 23.1 Å². The van der Waals surface area contributed by atoms with Gasteiger partial charge in [0.25, 0.3) is 5.69 Å². The van der Waals surface area contributed by atoms with Crippen molar-refractivity contribution in [3.63, 3.8) is 0 Å². The summed E-state index contributed by atoms with van der Waals surface area (Å²) in [4.78, 5) is 14.8. The van der Waals surface area contributed by atoms with Crippen molar-refractivity contribution >= 4 is 28.3 Å². The molecule has 27 heavy (non-hydrogen) atoms. The molecular weight excluding hydrogens is 364 g/mol. The lowest BCUT2D eigenvalue weighted by Gasteiger charge is -2.03. The van der Waals surface area contributed by atoms with E-state index in [1.807, 2.05) is 29.6 Å². The first-order valence-corrected chi connectivity index (χ1v) is 8.70. The summed E-state index contributed by atoms with van der Waals surface area (Å²) in [7, 11) is 1.60. The SMILES string of the molecule is COc1ccc(N/C=C(/C#N)c2nc(-c3ccc([N+](=O)[O-])cc3)cs2)cc1. The highest BCUT2D eigenvalue weighted by molar-refractivity contribution is 7.11. The number of allylic oxidation sites excluding steroid dienone is 1. The minimum absolute atomic E-state index is 0.0236. The number of thiazole rings is 1. The third-order valence-corrected chi connectivity index (χ3v) is 4.58. The van der Waals surface area contributed by atoms with Crippen LogP contribution >= 0.6 is 11.3 Å². The molecule has 0 spiro atoms. The Morgan fingerprint density at radius 1 is 1.26 bits per heavy atom. The number of non-ortho nitro benzene ring substituents is 1. The second-order valence-electron chi connectivity index (χ2n) is 5.38. The van der Waals surface area contributed by atoms with Crippen molar-refractivity contribution < 1.29 is 9.66 Å². The van der Waals surface area contributed by atoms with Gasteiger partial charge >= 0.3 is 0 Å². The van der Waals surface area contributed by atoms with Gasteiger partial charge < -0.3 is 10.1 Å². The number of methoxy groups -OCH3 is 1. The molecule has 7 nitrogen and oxygen atoms in total. The number of nitrogens with zero attached hydrogens (tertiary/aromatic N) is 3. The van der Waals surface area contributed by atoms with Crippen LogP contribution in [0.15, 0.2) is 60.1 Å². The van der Waals surface area contributed by atoms with Crippen molar-refractivity contribution in [3.05, 3.63) is 75.2 Å². The van der Waals surface area contributed by atoms with Crippen molar-refractivity contribution in [2.45, 2.75) is 0 Å². The van der Waals surface area contributed by atoms with Crippen LogP contribution in [-0.2, 0) is 0 Å². The number of hydrogen-bond donors (Lipinski definition) is 1. The van der Waals surface area contributed by atoms with E-state index in [-0.39, 0.29) is 5.69 Å². The Kier molecular flexibility index (Phi) is 5.44. The number of hydrogen-bond acceptors (Lipinski definition) is 7. The Morgan fingerprint density at radius 3 is 2.56 bits per heavy atom. The van der Waals surface area contributed by atoms with Gasteiger partial charge in [-0.1, -0.05) is 0 Å². The Morgan fingerprint density at radius 2 is 1.96 bits per heavy atom. The molecule has 1 aromatic heterocycles. The Labute approximate surface area is 159 Å². The highest BCUT2D eigenvalue weighted by Crippen LogP contribution is 2.27. The molecule has 2 aromatic carbocycles. The van der Waals surface area contributed by atoms with Gasteiger partial charge in [-0.05, 0) is 36.4 Å². The maximum atomic E-state index is 10.7. The largest absolute Gasteiger partial charge is 0.497 e. The third kappa shape index (κ3) is 4.29. The number of rotatable bonds is 6. The lowest BCUT2D eigenvalue weighted by atomic mass is 10.1. The summed E-state index contributed by atoms with van der Waals surface area (Å²) >= 11 is 1.33. The molecule has 1 N–H and O–H groups in total. The number of aromatic nitrogens is 1. The monoisotopic (exact) mass is 378 g/mol. The zero-order valence-electron chi connectivity index (χ0n) is 14.2. The van der Waals surface area contributed by atoms with Crippen LogP contribution in [0.1, 0.15) is 5.01 Å². The molecule has 0 saturated carbocycles. The number of nitro groups is 1. The summed E-state index contributed by atoms with van der Waals surface area (Å²) in [6.07, 6.45) is 1.60. The van der Waals surface area contributed by atoms with E-state index in [0.29, 0.717) is 16.3 Å². The summed E-state index contributed by atoms with van der Waals surface area (Å²) in [6.45, 7) is 0. The molecule has 0 radical (unpaired) electrons. The molecule has 3 aromatic rings. The van der Waals surface area contributed by atoms with Crippen LogP contribution in [0.3, 0.4) is 0 Å². The molecule has 0 saturated heterocycles. The zero-order valence-corrected chi connectivity index (χ0v) is 15.1. The van der Waals surface area contributed by atoms with E-state index in [0.717, 1.165) is 17.0 Å².